The lowest BCUT2D eigenvalue weighted by Gasteiger charge is -2.29. The number of carbonyl (C=O) groups is 5. The maximum Gasteiger partial charge on any atom is 0.337 e. The van der Waals surface area contributed by atoms with E-state index < -0.39 is 47.8 Å². The van der Waals surface area contributed by atoms with E-state index in [0.717, 1.165) is 38.2 Å². The number of allylic oxidation sites excluding steroid dienone is 1. The Bertz CT molecular complexity index is 1210. The first-order chi connectivity index (χ1) is 22.8. The van der Waals surface area contributed by atoms with Gasteiger partial charge < -0.3 is 30.5 Å². The van der Waals surface area contributed by atoms with E-state index in [9.17, 15) is 44.4 Å². The van der Waals surface area contributed by atoms with Gasteiger partial charge in [0.2, 0.25) is 5.91 Å². The van der Waals surface area contributed by atoms with Crippen molar-refractivity contribution in [2.45, 2.75) is 128 Å². The molecule has 11 nitrogen and oxygen atoms in total. The first-order valence-electron chi connectivity index (χ1n) is 17.4. The van der Waals surface area contributed by atoms with Crippen LogP contribution in [-0.2, 0) is 30.4 Å². The summed E-state index contributed by atoms with van der Waals surface area (Å²) in [6.45, 7) is 4.70. The summed E-state index contributed by atoms with van der Waals surface area (Å²) >= 11 is 0. The Labute approximate surface area is 284 Å². The van der Waals surface area contributed by atoms with E-state index in [1.54, 1.807) is 24.3 Å². The van der Waals surface area contributed by atoms with Crippen molar-refractivity contribution in [1.29, 1.82) is 0 Å². The molecule has 1 aliphatic rings. The van der Waals surface area contributed by atoms with Gasteiger partial charge >= 0.3 is 17.9 Å². The maximum absolute atomic E-state index is 13.3. The zero-order valence-electron chi connectivity index (χ0n) is 28.5. The second-order valence-electron chi connectivity index (χ2n) is 13.5. The number of carboxylic acid groups (broad SMARTS) is 3. The lowest BCUT2D eigenvalue weighted by molar-refractivity contribution is -0.172. The molecule has 0 radical (unpaired) electrons. The van der Waals surface area contributed by atoms with Crippen LogP contribution in [0, 0.1) is 17.8 Å². The van der Waals surface area contributed by atoms with Crippen LogP contribution in [-0.4, -0.2) is 68.3 Å². The predicted octanol–water partition coefficient (Wildman–Crippen LogP) is 5.96. The number of rotatable bonds is 24. The number of benzene rings is 1. The summed E-state index contributed by atoms with van der Waals surface area (Å²) in [4.78, 5) is 61.2. The molecule has 11 heteroatoms. The third-order valence-corrected chi connectivity index (χ3v) is 8.99. The number of ketones is 1. The number of unbranched alkanes of at least 4 members (excludes halogenated alkanes) is 4. The molecule has 2 rings (SSSR count). The molecule has 1 aromatic rings. The van der Waals surface area contributed by atoms with Crippen molar-refractivity contribution in [1.82, 2.24) is 5.32 Å². The van der Waals surface area contributed by atoms with Crippen molar-refractivity contribution in [3.63, 3.8) is 0 Å². The van der Waals surface area contributed by atoms with Gasteiger partial charge in [-0.15, -0.1) is 0 Å². The van der Waals surface area contributed by atoms with E-state index in [4.69, 9.17) is 4.74 Å². The van der Waals surface area contributed by atoms with E-state index in [2.05, 4.69) is 19.2 Å². The topological polar surface area (TPSA) is 188 Å². The molecule has 1 aromatic carbocycles. The number of aliphatic carboxylic acids is 3. The Balaban J connectivity index is 1.96. The second-order valence-corrected chi connectivity index (χ2v) is 13.5. The molecule has 0 aliphatic heterocycles. The molecule has 0 bridgehead atoms. The highest BCUT2D eigenvalue weighted by Gasteiger charge is 2.49. The normalized spacial score (nSPS) is 16.2. The van der Waals surface area contributed by atoms with Crippen LogP contribution in [0.3, 0.4) is 0 Å². The van der Waals surface area contributed by atoms with Gasteiger partial charge in [-0.3, -0.25) is 14.4 Å². The van der Waals surface area contributed by atoms with Crippen molar-refractivity contribution in [2.75, 3.05) is 6.61 Å². The van der Waals surface area contributed by atoms with Gasteiger partial charge in [0.15, 0.2) is 5.60 Å². The summed E-state index contributed by atoms with van der Waals surface area (Å²) in [6, 6.07) is 5.22. The Morgan fingerprint density at radius 3 is 2.21 bits per heavy atom. The largest absolute Gasteiger partial charge is 0.494 e. The minimum atomic E-state index is -3.01. The number of Topliss-reactive ketones (excluding diaryl/α,β-unsaturated/α-hetero) is 1. The Kier molecular flexibility index (Phi) is 17.9. The lowest BCUT2D eigenvalue weighted by atomic mass is 9.82. The minimum Gasteiger partial charge on any atom is -0.494 e. The average Bonchev–Trinajstić information content (AvgIpc) is 3.03. The van der Waals surface area contributed by atoms with Crippen molar-refractivity contribution >= 4 is 29.6 Å². The summed E-state index contributed by atoms with van der Waals surface area (Å²) in [5, 5.41) is 42.2. The third-order valence-electron chi connectivity index (χ3n) is 8.99. The van der Waals surface area contributed by atoms with Gasteiger partial charge in [0, 0.05) is 19.3 Å². The van der Waals surface area contributed by atoms with Crippen LogP contribution in [0.1, 0.15) is 116 Å². The Hall–Kier alpha value is -3.73. The minimum absolute atomic E-state index is 0.142. The number of hydrogen-bond acceptors (Lipinski definition) is 7. The van der Waals surface area contributed by atoms with E-state index in [1.165, 1.54) is 38.2 Å². The summed E-state index contributed by atoms with van der Waals surface area (Å²) in [5.74, 6) is -5.85. The van der Waals surface area contributed by atoms with Gasteiger partial charge in [-0.1, -0.05) is 83.1 Å². The molecule has 1 saturated carbocycles. The SMILES string of the molecule is CC(C)CCOc1ccc(C[C@H](NC(=O)[C@@H](C=CCCCCCCC(=O)CCC2CCCCC2)C(O)(CC(=O)O)C(=O)O)C(=O)O)cc1. The van der Waals surface area contributed by atoms with E-state index >= 15 is 0 Å². The molecule has 1 unspecified atom stereocenters. The first-order valence-corrected chi connectivity index (χ1v) is 17.4. The number of nitrogens with one attached hydrogen (secondary N) is 1. The summed E-state index contributed by atoms with van der Waals surface area (Å²) < 4.78 is 5.68. The van der Waals surface area contributed by atoms with Crippen LogP contribution < -0.4 is 10.1 Å². The molecule has 1 aliphatic carbocycles. The molecule has 0 saturated heterocycles. The van der Waals surface area contributed by atoms with Crippen molar-refractivity contribution < 1.29 is 49.1 Å². The van der Waals surface area contributed by atoms with Crippen molar-refractivity contribution in [3.05, 3.63) is 42.0 Å². The Morgan fingerprint density at radius 2 is 1.60 bits per heavy atom. The van der Waals surface area contributed by atoms with Crippen molar-refractivity contribution in [3.8, 4) is 5.75 Å². The smallest absolute Gasteiger partial charge is 0.337 e. The zero-order chi connectivity index (χ0) is 35.5. The van der Waals surface area contributed by atoms with E-state index in [0.29, 0.717) is 61.2 Å². The molecule has 3 atom stereocenters. The molecule has 48 heavy (non-hydrogen) atoms. The molecule has 0 spiro atoms. The first kappa shape index (κ1) is 40.4. The predicted molar refractivity (Wildman–Crippen MR) is 181 cm³/mol. The monoisotopic (exact) mass is 673 g/mol. The average molecular weight is 674 g/mol. The number of amides is 1. The highest BCUT2D eigenvalue weighted by Crippen LogP contribution is 2.28. The van der Waals surface area contributed by atoms with E-state index in [1.807, 2.05) is 0 Å². The quantitative estimate of drug-likeness (QED) is 0.0648. The van der Waals surface area contributed by atoms with Gasteiger partial charge in [-0.25, -0.2) is 9.59 Å². The van der Waals surface area contributed by atoms with Gasteiger partial charge in [0.1, 0.15) is 17.6 Å². The molecular weight excluding hydrogens is 618 g/mol. The molecular formula is C37H55NO10. The molecule has 5 N–H and O–H groups in total. The van der Waals surface area contributed by atoms with Crippen LogP contribution in [0.4, 0.5) is 0 Å². The van der Waals surface area contributed by atoms with Gasteiger partial charge in [-0.05, 0) is 61.6 Å². The van der Waals surface area contributed by atoms with Crippen LogP contribution in [0.2, 0.25) is 0 Å². The fourth-order valence-corrected chi connectivity index (χ4v) is 5.98. The van der Waals surface area contributed by atoms with E-state index in [-0.39, 0.29) is 6.42 Å². The number of aliphatic hydroxyl groups is 1. The molecule has 268 valence electrons. The number of ether oxygens (including phenoxy) is 1. The summed E-state index contributed by atoms with van der Waals surface area (Å²) in [7, 11) is 0. The zero-order valence-corrected chi connectivity index (χ0v) is 28.5. The molecule has 0 heterocycles. The number of carboxylic acids is 3. The van der Waals surface area contributed by atoms with Crippen molar-refractivity contribution in [2.24, 2.45) is 17.8 Å². The van der Waals surface area contributed by atoms with Crippen LogP contribution in [0.5, 0.6) is 5.75 Å². The molecule has 0 aromatic heterocycles. The van der Waals surface area contributed by atoms with Gasteiger partial charge in [0.05, 0.1) is 18.9 Å². The van der Waals surface area contributed by atoms with Crippen LogP contribution in [0.25, 0.3) is 0 Å². The lowest BCUT2D eigenvalue weighted by Crippen LogP contribution is -2.55. The second kappa shape index (κ2) is 21.3. The Morgan fingerprint density at radius 1 is 0.938 bits per heavy atom. The maximum atomic E-state index is 13.3. The fourth-order valence-electron chi connectivity index (χ4n) is 5.98. The van der Waals surface area contributed by atoms with Crippen LogP contribution in [0.15, 0.2) is 36.4 Å². The highest BCUT2D eigenvalue weighted by atomic mass is 16.5. The summed E-state index contributed by atoms with van der Waals surface area (Å²) in [6.07, 6.45) is 14.0. The summed E-state index contributed by atoms with van der Waals surface area (Å²) in [5.41, 5.74) is -2.45. The molecule has 1 fully saturated rings. The molecule has 1 amide bonds. The highest BCUT2D eigenvalue weighted by molar-refractivity contribution is 5.94. The third kappa shape index (κ3) is 15.0. The van der Waals surface area contributed by atoms with Gasteiger partial charge in [0.25, 0.3) is 0 Å². The standard InChI is InChI=1S/C37H55NO10/c1-26(2)22-23-48-30-20-17-28(18-21-30)24-32(35(43)44)38-34(42)31(37(47,36(45)46)25-33(40)41)15-11-6-4-3-5-10-14-29(39)19-16-27-12-8-7-9-13-27/h11,15,17-18,20-21,26-27,31-32,47H,3-10,12-14,16,19,22-25H2,1-2H3,(H,38,42)(H,40,41)(H,43,44)(H,45,46)/t31-,32+,37?/m1/s1. The van der Waals surface area contributed by atoms with Crippen LogP contribution >= 0.6 is 0 Å². The number of hydrogen-bond donors (Lipinski definition) is 5. The number of carbonyl (C=O) groups excluding carboxylic acids is 2. The fraction of sp³-hybridized carbons (Fsp3) is 0.649. The van der Waals surface area contributed by atoms with Gasteiger partial charge in [-0.2, -0.15) is 0 Å².